The second-order valence-corrected chi connectivity index (χ2v) is 4.53. The Labute approximate surface area is 106 Å². The summed E-state index contributed by atoms with van der Waals surface area (Å²) in [4.78, 5) is 12.3. The molecule has 2 rings (SSSR count). The van der Waals surface area contributed by atoms with Gasteiger partial charge >= 0.3 is 0 Å². The monoisotopic (exact) mass is 244 g/mol. The maximum absolute atomic E-state index is 12.3. The van der Waals surface area contributed by atoms with Crippen molar-refractivity contribution in [3.8, 4) is 0 Å². The van der Waals surface area contributed by atoms with Gasteiger partial charge in [0.2, 0.25) is 0 Å². The number of rotatable bonds is 2. The Bertz CT molecular complexity index is 573. The normalized spacial score (nSPS) is 10.3. The first-order valence-corrected chi connectivity index (χ1v) is 5.84. The van der Waals surface area contributed by atoms with Crippen LogP contribution < -0.4 is 0 Å². The number of ketones is 1. The summed E-state index contributed by atoms with van der Waals surface area (Å²) >= 11 is 6.11. The molecule has 2 heteroatoms. The van der Waals surface area contributed by atoms with E-state index in [9.17, 15) is 4.79 Å². The van der Waals surface area contributed by atoms with Gasteiger partial charge in [-0.25, -0.2) is 0 Å². The topological polar surface area (TPSA) is 17.1 Å². The van der Waals surface area contributed by atoms with Gasteiger partial charge in [-0.2, -0.15) is 0 Å². The van der Waals surface area contributed by atoms with E-state index in [1.165, 1.54) is 0 Å². The Morgan fingerprint density at radius 1 is 1.00 bits per heavy atom. The molecule has 2 aromatic carbocycles. The minimum absolute atomic E-state index is 0.0203. The van der Waals surface area contributed by atoms with E-state index in [4.69, 9.17) is 11.6 Å². The van der Waals surface area contributed by atoms with E-state index in [-0.39, 0.29) is 5.78 Å². The SMILES string of the molecule is Cc1ccc(C(=O)c2ccccc2C)c(Cl)c1. The largest absolute Gasteiger partial charge is 0.289 e. The molecule has 0 saturated carbocycles. The van der Waals surface area contributed by atoms with Gasteiger partial charge in [0.1, 0.15) is 0 Å². The molecule has 0 aliphatic rings. The smallest absolute Gasteiger partial charge is 0.194 e. The third-order valence-corrected chi connectivity index (χ3v) is 3.07. The zero-order chi connectivity index (χ0) is 12.4. The summed E-state index contributed by atoms with van der Waals surface area (Å²) in [5.74, 6) is -0.0203. The van der Waals surface area contributed by atoms with Crippen molar-refractivity contribution < 1.29 is 4.79 Å². The molecule has 17 heavy (non-hydrogen) atoms. The molecule has 86 valence electrons. The predicted molar refractivity (Wildman–Crippen MR) is 70.8 cm³/mol. The zero-order valence-electron chi connectivity index (χ0n) is 9.83. The van der Waals surface area contributed by atoms with Gasteiger partial charge < -0.3 is 0 Å². The molecule has 0 spiro atoms. The fraction of sp³-hybridized carbons (Fsp3) is 0.133. The molecule has 0 amide bonds. The van der Waals surface area contributed by atoms with Crippen molar-refractivity contribution in [2.45, 2.75) is 13.8 Å². The van der Waals surface area contributed by atoms with Crippen LogP contribution in [0.4, 0.5) is 0 Å². The van der Waals surface area contributed by atoms with Gasteiger partial charge in [0, 0.05) is 11.1 Å². The first kappa shape index (κ1) is 11.9. The van der Waals surface area contributed by atoms with E-state index >= 15 is 0 Å². The Morgan fingerprint density at radius 3 is 2.35 bits per heavy atom. The van der Waals surface area contributed by atoms with Crippen molar-refractivity contribution in [3.05, 3.63) is 69.7 Å². The van der Waals surface area contributed by atoms with Crippen LogP contribution in [0.2, 0.25) is 5.02 Å². The van der Waals surface area contributed by atoms with Crippen LogP contribution in [0, 0.1) is 13.8 Å². The second-order valence-electron chi connectivity index (χ2n) is 4.13. The standard InChI is InChI=1S/C15H13ClO/c1-10-7-8-13(14(16)9-10)15(17)12-6-4-3-5-11(12)2/h3-9H,1-2H3. The average Bonchev–Trinajstić information content (AvgIpc) is 2.29. The van der Waals surface area contributed by atoms with Crippen molar-refractivity contribution in [1.82, 2.24) is 0 Å². The number of aryl methyl sites for hydroxylation is 2. The highest BCUT2D eigenvalue weighted by molar-refractivity contribution is 6.35. The van der Waals surface area contributed by atoms with Gasteiger partial charge in [0.15, 0.2) is 5.78 Å². The highest BCUT2D eigenvalue weighted by Crippen LogP contribution is 2.22. The molecule has 0 heterocycles. The zero-order valence-corrected chi connectivity index (χ0v) is 10.6. The van der Waals surface area contributed by atoms with Gasteiger partial charge in [0.25, 0.3) is 0 Å². The lowest BCUT2D eigenvalue weighted by Gasteiger charge is -2.07. The lowest BCUT2D eigenvalue weighted by molar-refractivity contribution is 0.103. The van der Waals surface area contributed by atoms with Crippen LogP contribution >= 0.6 is 11.6 Å². The van der Waals surface area contributed by atoms with Crippen LogP contribution in [0.3, 0.4) is 0 Å². The number of benzene rings is 2. The Hall–Kier alpha value is -1.60. The summed E-state index contributed by atoms with van der Waals surface area (Å²) < 4.78 is 0. The Morgan fingerprint density at radius 2 is 1.71 bits per heavy atom. The number of carbonyl (C=O) groups excluding carboxylic acids is 1. The van der Waals surface area contributed by atoms with Gasteiger partial charge in [-0.1, -0.05) is 41.9 Å². The van der Waals surface area contributed by atoms with E-state index in [2.05, 4.69) is 0 Å². The minimum Gasteiger partial charge on any atom is -0.289 e. The van der Waals surface area contributed by atoms with Crippen LogP contribution in [-0.2, 0) is 0 Å². The van der Waals surface area contributed by atoms with Gasteiger partial charge in [-0.15, -0.1) is 0 Å². The van der Waals surface area contributed by atoms with Gasteiger partial charge in [0.05, 0.1) is 5.02 Å². The lowest BCUT2D eigenvalue weighted by atomic mass is 9.98. The number of halogens is 1. The van der Waals surface area contributed by atoms with Crippen LogP contribution in [0.1, 0.15) is 27.0 Å². The summed E-state index contributed by atoms with van der Waals surface area (Å²) in [6.45, 7) is 3.88. The van der Waals surface area contributed by atoms with E-state index in [1.807, 2.05) is 50.2 Å². The third kappa shape index (κ3) is 2.40. The van der Waals surface area contributed by atoms with Gasteiger partial charge in [-0.05, 0) is 37.1 Å². The van der Waals surface area contributed by atoms with Crippen LogP contribution in [-0.4, -0.2) is 5.78 Å². The first-order valence-electron chi connectivity index (χ1n) is 5.46. The van der Waals surface area contributed by atoms with Crippen LogP contribution in [0.15, 0.2) is 42.5 Å². The summed E-state index contributed by atoms with van der Waals surface area (Å²) in [7, 11) is 0. The molecule has 1 nitrogen and oxygen atoms in total. The highest BCUT2D eigenvalue weighted by atomic mass is 35.5. The Kier molecular flexibility index (Phi) is 3.30. The molecule has 0 aliphatic carbocycles. The summed E-state index contributed by atoms with van der Waals surface area (Å²) in [5, 5.41) is 0.512. The fourth-order valence-corrected chi connectivity index (χ4v) is 2.10. The van der Waals surface area contributed by atoms with Gasteiger partial charge in [-0.3, -0.25) is 4.79 Å². The molecule has 0 radical (unpaired) electrons. The molecular weight excluding hydrogens is 232 g/mol. The molecule has 0 atom stereocenters. The lowest BCUT2D eigenvalue weighted by Crippen LogP contribution is -2.04. The molecule has 0 fully saturated rings. The Balaban J connectivity index is 2.48. The fourth-order valence-electron chi connectivity index (χ4n) is 1.78. The van der Waals surface area contributed by atoms with Crippen molar-refractivity contribution >= 4 is 17.4 Å². The molecule has 0 unspecified atom stereocenters. The number of carbonyl (C=O) groups is 1. The minimum atomic E-state index is -0.0203. The average molecular weight is 245 g/mol. The maximum Gasteiger partial charge on any atom is 0.194 e. The van der Waals surface area contributed by atoms with Crippen molar-refractivity contribution in [2.75, 3.05) is 0 Å². The van der Waals surface area contributed by atoms with E-state index in [0.29, 0.717) is 16.1 Å². The number of hydrogen-bond donors (Lipinski definition) is 0. The van der Waals surface area contributed by atoms with E-state index in [1.54, 1.807) is 6.07 Å². The molecule has 0 bridgehead atoms. The molecule has 0 aliphatic heterocycles. The van der Waals surface area contributed by atoms with Crippen molar-refractivity contribution in [2.24, 2.45) is 0 Å². The van der Waals surface area contributed by atoms with Crippen LogP contribution in [0.25, 0.3) is 0 Å². The molecule has 0 aromatic heterocycles. The van der Waals surface area contributed by atoms with Crippen molar-refractivity contribution in [3.63, 3.8) is 0 Å². The molecule has 2 aromatic rings. The highest BCUT2D eigenvalue weighted by Gasteiger charge is 2.14. The van der Waals surface area contributed by atoms with Crippen LogP contribution in [0.5, 0.6) is 0 Å². The predicted octanol–water partition coefficient (Wildman–Crippen LogP) is 4.19. The number of hydrogen-bond acceptors (Lipinski definition) is 1. The first-order chi connectivity index (χ1) is 8.09. The quantitative estimate of drug-likeness (QED) is 0.724. The second kappa shape index (κ2) is 4.72. The summed E-state index contributed by atoms with van der Waals surface area (Å²) in [6.07, 6.45) is 0. The summed E-state index contributed by atoms with van der Waals surface area (Å²) in [5.41, 5.74) is 3.29. The van der Waals surface area contributed by atoms with Crippen molar-refractivity contribution in [1.29, 1.82) is 0 Å². The molecule has 0 saturated heterocycles. The van der Waals surface area contributed by atoms with E-state index in [0.717, 1.165) is 11.1 Å². The molecule has 0 N–H and O–H groups in total. The summed E-state index contributed by atoms with van der Waals surface area (Å²) in [6, 6.07) is 13.0. The van der Waals surface area contributed by atoms with E-state index < -0.39 is 0 Å². The molecular formula is C15H13ClO. The maximum atomic E-state index is 12.3. The third-order valence-electron chi connectivity index (χ3n) is 2.76.